The highest BCUT2D eigenvalue weighted by atomic mass is 19.4. The second kappa shape index (κ2) is 8.23. The smallest absolute Gasteiger partial charge is 0.426 e. The Morgan fingerprint density at radius 1 is 1.07 bits per heavy atom. The number of halogens is 7. The summed E-state index contributed by atoms with van der Waals surface area (Å²) >= 11 is 0. The van der Waals surface area contributed by atoms with Gasteiger partial charge in [0.15, 0.2) is 0 Å². The number of hydrogen-bond acceptors (Lipinski definition) is 3. The molecule has 0 radical (unpaired) electrons. The molecule has 5 atom stereocenters. The molecule has 2 aliphatic carbocycles. The number of alkyl halides is 7. The van der Waals surface area contributed by atoms with Gasteiger partial charge in [-0.3, -0.25) is 0 Å². The molecule has 3 nitrogen and oxygen atoms in total. The number of fused-ring (bicyclic) bond motifs is 2. The fraction of sp³-hybridized carbons (Fsp3) is 0.947. The van der Waals surface area contributed by atoms with Crippen molar-refractivity contribution >= 4 is 5.97 Å². The Morgan fingerprint density at radius 3 is 1.90 bits per heavy atom. The topological polar surface area (TPSA) is 46.5 Å². The number of ether oxygens (including phenoxy) is 1. The van der Waals surface area contributed by atoms with E-state index in [1.54, 1.807) is 0 Å². The van der Waals surface area contributed by atoms with E-state index in [0.29, 0.717) is 0 Å². The van der Waals surface area contributed by atoms with Gasteiger partial charge in [-0.1, -0.05) is 21.8 Å². The van der Waals surface area contributed by atoms with E-state index in [-0.39, 0.29) is 40.5 Å². The summed E-state index contributed by atoms with van der Waals surface area (Å²) in [5, 5.41) is 9.40. The van der Waals surface area contributed by atoms with E-state index in [0.717, 1.165) is 6.92 Å². The van der Waals surface area contributed by atoms with E-state index in [2.05, 4.69) is 0 Å². The first kappa shape index (κ1) is 27.9. The number of esters is 1. The second-order valence-electron chi connectivity index (χ2n) is 8.21. The van der Waals surface area contributed by atoms with Gasteiger partial charge in [-0.2, -0.15) is 26.3 Å². The quantitative estimate of drug-likeness (QED) is 0.422. The zero-order valence-corrected chi connectivity index (χ0v) is 15.2. The molecule has 0 aromatic carbocycles. The van der Waals surface area contributed by atoms with E-state index in [1.165, 1.54) is 13.8 Å². The third kappa shape index (κ3) is 4.82. The predicted molar refractivity (Wildman–Crippen MR) is 93.8 cm³/mol. The van der Waals surface area contributed by atoms with Crippen molar-refractivity contribution in [2.24, 2.45) is 17.8 Å². The molecule has 0 aromatic rings. The minimum absolute atomic E-state index is 0. The van der Waals surface area contributed by atoms with Crippen LogP contribution in [0.3, 0.4) is 0 Å². The van der Waals surface area contributed by atoms with Crippen molar-refractivity contribution < 1.29 is 45.4 Å². The maximum absolute atomic E-state index is 14.1. The van der Waals surface area contributed by atoms with Gasteiger partial charge in [0.25, 0.3) is 5.60 Å². The fourth-order valence-electron chi connectivity index (χ4n) is 4.26. The molecule has 5 unspecified atom stereocenters. The van der Waals surface area contributed by atoms with Crippen molar-refractivity contribution in [1.82, 2.24) is 0 Å². The average molecular weight is 440 g/mol. The summed E-state index contributed by atoms with van der Waals surface area (Å²) < 4.78 is 96.8. The molecule has 2 rings (SSSR count). The maximum Gasteiger partial charge on any atom is 0.426 e. The van der Waals surface area contributed by atoms with Crippen molar-refractivity contribution in [3.63, 3.8) is 0 Å². The average Bonchev–Trinajstić information content (AvgIpc) is 3.01. The van der Waals surface area contributed by atoms with Gasteiger partial charge in [-0.15, -0.1) is 0 Å². The Balaban J connectivity index is 0.00000392. The standard InChI is InChI=1S/C17H23F7O3.2CH4/c1-4-13(2,18)12(25)27-14(3)7-9-5-11(14)6-10(9)8-15(26,16(19,20)21)17(22,23)24;;/h9-11,26H,4-8H2,1-3H3;2*1H4. The minimum atomic E-state index is -5.85. The van der Waals surface area contributed by atoms with Gasteiger partial charge in [-0.25, -0.2) is 9.18 Å². The number of carbonyl (C=O) groups excluding carboxylic acids is 1. The highest BCUT2D eigenvalue weighted by Gasteiger charge is 2.71. The molecule has 0 aliphatic heterocycles. The Kier molecular flexibility index (Phi) is 7.93. The van der Waals surface area contributed by atoms with Crippen LogP contribution in [0.15, 0.2) is 0 Å². The van der Waals surface area contributed by atoms with E-state index in [9.17, 15) is 40.6 Å². The number of carbonyl (C=O) groups is 1. The molecule has 0 heterocycles. The summed E-state index contributed by atoms with van der Waals surface area (Å²) in [5.41, 5.74) is -8.12. The van der Waals surface area contributed by atoms with E-state index in [1.807, 2.05) is 0 Å². The zero-order chi connectivity index (χ0) is 21.1. The lowest BCUT2D eigenvalue weighted by Gasteiger charge is -2.41. The first-order chi connectivity index (χ1) is 12.0. The summed E-state index contributed by atoms with van der Waals surface area (Å²) in [4.78, 5) is 12.0. The van der Waals surface area contributed by atoms with Crippen LogP contribution >= 0.6 is 0 Å². The van der Waals surface area contributed by atoms with Crippen LogP contribution in [0, 0.1) is 17.8 Å². The molecular weight excluding hydrogens is 409 g/mol. The van der Waals surface area contributed by atoms with Crippen molar-refractivity contribution in [1.29, 1.82) is 0 Å². The van der Waals surface area contributed by atoms with Gasteiger partial charge < -0.3 is 9.84 Å². The number of hydrogen-bond donors (Lipinski definition) is 1. The third-order valence-corrected chi connectivity index (χ3v) is 6.28. The van der Waals surface area contributed by atoms with Gasteiger partial charge >= 0.3 is 18.3 Å². The molecule has 1 N–H and O–H groups in total. The van der Waals surface area contributed by atoms with Crippen LogP contribution in [0.1, 0.15) is 67.7 Å². The highest BCUT2D eigenvalue weighted by molar-refractivity contribution is 5.79. The Labute approximate surface area is 167 Å². The van der Waals surface area contributed by atoms with Crippen LogP contribution in [0.5, 0.6) is 0 Å². The monoisotopic (exact) mass is 440 g/mol. The fourth-order valence-corrected chi connectivity index (χ4v) is 4.26. The second-order valence-corrected chi connectivity index (χ2v) is 8.21. The van der Waals surface area contributed by atoms with E-state index in [4.69, 9.17) is 4.74 Å². The molecular formula is C19H31F7O3. The molecule has 29 heavy (non-hydrogen) atoms. The Morgan fingerprint density at radius 2 is 1.55 bits per heavy atom. The van der Waals surface area contributed by atoms with Gasteiger partial charge in [0.05, 0.1) is 0 Å². The summed E-state index contributed by atoms with van der Waals surface area (Å²) in [5.74, 6) is -3.15. The molecule has 0 aromatic heterocycles. The molecule has 0 amide bonds. The van der Waals surface area contributed by atoms with Crippen molar-refractivity contribution in [2.75, 3.05) is 0 Å². The highest BCUT2D eigenvalue weighted by Crippen LogP contribution is 2.59. The van der Waals surface area contributed by atoms with E-state index < -0.39 is 59.4 Å². The van der Waals surface area contributed by atoms with Crippen molar-refractivity contribution in [3.8, 4) is 0 Å². The Hall–Kier alpha value is -1.06. The molecule has 0 spiro atoms. The molecule has 10 heteroatoms. The molecule has 174 valence electrons. The van der Waals surface area contributed by atoms with Gasteiger partial charge in [0.1, 0.15) is 5.60 Å². The zero-order valence-electron chi connectivity index (χ0n) is 15.2. The minimum Gasteiger partial charge on any atom is -0.457 e. The predicted octanol–water partition coefficient (Wildman–Crippen LogP) is 5.99. The lowest BCUT2D eigenvalue weighted by Crippen LogP contribution is -2.58. The molecule has 2 bridgehead atoms. The summed E-state index contributed by atoms with van der Waals surface area (Å²) in [6, 6.07) is 0. The van der Waals surface area contributed by atoms with Crippen molar-refractivity contribution in [2.45, 2.75) is 97.0 Å². The van der Waals surface area contributed by atoms with Crippen LogP contribution < -0.4 is 0 Å². The lowest BCUT2D eigenvalue weighted by atomic mass is 9.74. The normalized spacial score (nSPS) is 31.5. The van der Waals surface area contributed by atoms with Crippen LogP contribution in [0.4, 0.5) is 30.7 Å². The SMILES string of the molecule is C.C.CCC(C)(F)C(=O)OC1(C)CC2CC1CC2CC(O)(C(F)(F)F)C(F)(F)F. The molecule has 2 fully saturated rings. The van der Waals surface area contributed by atoms with Crippen LogP contribution in [0.2, 0.25) is 0 Å². The maximum atomic E-state index is 14.1. The molecule has 0 saturated heterocycles. The van der Waals surface area contributed by atoms with Crippen LogP contribution in [-0.2, 0) is 9.53 Å². The van der Waals surface area contributed by atoms with Gasteiger partial charge in [0, 0.05) is 0 Å². The molecule has 2 aliphatic rings. The first-order valence-corrected chi connectivity index (χ1v) is 8.75. The summed E-state index contributed by atoms with van der Waals surface area (Å²) in [7, 11) is 0. The lowest BCUT2D eigenvalue weighted by molar-refractivity contribution is -0.373. The third-order valence-electron chi connectivity index (χ3n) is 6.28. The van der Waals surface area contributed by atoms with Crippen LogP contribution in [0.25, 0.3) is 0 Å². The number of rotatable bonds is 5. The van der Waals surface area contributed by atoms with E-state index >= 15 is 0 Å². The van der Waals surface area contributed by atoms with Gasteiger partial charge in [-0.05, 0) is 63.7 Å². The largest absolute Gasteiger partial charge is 0.457 e. The number of aliphatic hydroxyl groups is 1. The van der Waals surface area contributed by atoms with Gasteiger partial charge in [0.2, 0.25) is 5.67 Å². The summed E-state index contributed by atoms with van der Waals surface area (Å²) in [6.45, 7) is 4.04. The van der Waals surface area contributed by atoms with Crippen LogP contribution in [-0.4, -0.2) is 40.3 Å². The molecule has 2 saturated carbocycles. The first-order valence-electron chi connectivity index (χ1n) is 8.75. The summed E-state index contributed by atoms with van der Waals surface area (Å²) in [6.07, 6.45) is -13.0. The Bertz CT molecular complexity index is 571. The van der Waals surface area contributed by atoms with Crippen molar-refractivity contribution in [3.05, 3.63) is 0 Å².